The molecule has 1 aliphatic rings. The lowest BCUT2D eigenvalue weighted by Gasteiger charge is -1.93. The molecule has 1 atom stereocenters. The molecule has 1 fully saturated rings. The van der Waals surface area contributed by atoms with E-state index in [9.17, 15) is 0 Å². The lowest BCUT2D eigenvalue weighted by Crippen LogP contribution is -1.87. The summed E-state index contributed by atoms with van der Waals surface area (Å²) < 4.78 is 5.03. The first-order valence-corrected chi connectivity index (χ1v) is 3.66. The van der Waals surface area contributed by atoms with Crippen LogP contribution >= 0.6 is 0 Å². The van der Waals surface area contributed by atoms with Gasteiger partial charge in [0.2, 0.25) is 0 Å². The van der Waals surface area contributed by atoms with E-state index in [0.717, 1.165) is 19.4 Å². The minimum atomic E-state index is 0.339. The van der Waals surface area contributed by atoms with Crippen LogP contribution < -0.4 is 0 Å². The molecule has 1 heterocycles. The number of rotatable bonds is 5. The summed E-state index contributed by atoms with van der Waals surface area (Å²) >= 11 is 0. The van der Waals surface area contributed by atoms with Crippen molar-refractivity contribution < 1.29 is 9.84 Å². The van der Waals surface area contributed by atoms with Gasteiger partial charge in [0.05, 0.1) is 12.7 Å². The van der Waals surface area contributed by atoms with Gasteiger partial charge in [-0.15, -0.1) is 0 Å². The average molecular weight is 130 g/mol. The predicted molar refractivity (Wildman–Crippen MR) is 35.3 cm³/mol. The highest BCUT2D eigenvalue weighted by molar-refractivity contribution is 4.67. The van der Waals surface area contributed by atoms with Crippen molar-refractivity contribution in [1.29, 1.82) is 0 Å². The van der Waals surface area contributed by atoms with E-state index < -0.39 is 0 Å². The summed E-state index contributed by atoms with van der Waals surface area (Å²) in [4.78, 5) is 0. The number of hydrogen-bond donors (Lipinski definition) is 1. The fourth-order valence-electron chi connectivity index (χ4n) is 0.895. The summed E-state index contributed by atoms with van der Waals surface area (Å²) in [7, 11) is 0. The number of aliphatic hydroxyl groups excluding tert-OH is 1. The zero-order valence-corrected chi connectivity index (χ0v) is 5.68. The minimum Gasteiger partial charge on any atom is -0.396 e. The molecule has 0 aliphatic carbocycles. The second kappa shape index (κ2) is 3.85. The van der Waals surface area contributed by atoms with E-state index in [1.165, 1.54) is 12.8 Å². The van der Waals surface area contributed by atoms with Gasteiger partial charge in [-0.2, -0.15) is 0 Å². The second-order valence-corrected chi connectivity index (χ2v) is 2.53. The fraction of sp³-hybridized carbons (Fsp3) is 1.00. The molecule has 2 heteroatoms. The standard InChI is InChI=1S/C7H14O2/c8-5-3-1-2-4-7-6-9-7/h7-8H,1-6H2/t7-/m1/s1. The van der Waals surface area contributed by atoms with Gasteiger partial charge in [-0.25, -0.2) is 0 Å². The van der Waals surface area contributed by atoms with Gasteiger partial charge in [-0.1, -0.05) is 12.8 Å². The van der Waals surface area contributed by atoms with Gasteiger partial charge in [-0.05, 0) is 12.8 Å². The molecule has 2 nitrogen and oxygen atoms in total. The molecular weight excluding hydrogens is 116 g/mol. The Morgan fingerprint density at radius 2 is 2.11 bits per heavy atom. The maximum atomic E-state index is 8.42. The third-order valence-corrected chi connectivity index (χ3v) is 1.59. The van der Waals surface area contributed by atoms with Crippen LogP contribution in [0, 0.1) is 0 Å². The minimum absolute atomic E-state index is 0.339. The van der Waals surface area contributed by atoms with Crippen molar-refractivity contribution >= 4 is 0 Å². The molecule has 54 valence electrons. The van der Waals surface area contributed by atoms with Crippen molar-refractivity contribution in [3.63, 3.8) is 0 Å². The Bertz CT molecular complexity index is 69.3. The molecule has 0 aromatic rings. The van der Waals surface area contributed by atoms with Crippen molar-refractivity contribution in [2.45, 2.75) is 31.8 Å². The number of aliphatic hydroxyl groups is 1. The maximum Gasteiger partial charge on any atom is 0.0810 e. The molecule has 0 spiro atoms. The number of hydrogen-bond acceptors (Lipinski definition) is 2. The molecule has 1 saturated heterocycles. The first-order valence-electron chi connectivity index (χ1n) is 3.66. The zero-order valence-electron chi connectivity index (χ0n) is 5.68. The summed E-state index contributed by atoms with van der Waals surface area (Å²) in [6.07, 6.45) is 5.08. The molecule has 1 N–H and O–H groups in total. The van der Waals surface area contributed by atoms with Gasteiger partial charge in [0, 0.05) is 6.61 Å². The van der Waals surface area contributed by atoms with E-state index in [1.54, 1.807) is 0 Å². The van der Waals surface area contributed by atoms with Crippen molar-refractivity contribution in [1.82, 2.24) is 0 Å². The first kappa shape index (κ1) is 7.03. The largest absolute Gasteiger partial charge is 0.396 e. The van der Waals surface area contributed by atoms with Crippen LogP contribution in [0.5, 0.6) is 0 Å². The third kappa shape index (κ3) is 3.49. The summed E-state index contributed by atoms with van der Waals surface area (Å²) in [6.45, 7) is 1.31. The van der Waals surface area contributed by atoms with Crippen LogP contribution in [0.3, 0.4) is 0 Å². The Labute approximate surface area is 55.8 Å². The SMILES string of the molecule is OCCCCC[C@@H]1CO1. The topological polar surface area (TPSA) is 32.8 Å². The number of epoxide rings is 1. The molecule has 0 aromatic carbocycles. The van der Waals surface area contributed by atoms with E-state index >= 15 is 0 Å². The normalized spacial score (nSPS) is 24.3. The molecule has 0 amide bonds. The lowest BCUT2D eigenvalue weighted by molar-refractivity contribution is 0.280. The van der Waals surface area contributed by atoms with E-state index in [0.29, 0.717) is 12.7 Å². The Kier molecular flexibility index (Phi) is 3.01. The van der Waals surface area contributed by atoms with Crippen LogP contribution in [0.1, 0.15) is 25.7 Å². The highest BCUT2D eigenvalue weighted by Gasteiger charge is 2.20. The highest BCUT2D eigenvalue weighted by Crippen LogP contribution is 2.16. The van der Waals surface area contributed by atoms with Gasteiger partial charge in [-0.3, -0.25) is 0 Å². The van der Waals surface area contributed by atoms with Crippen molar-refractivity contribution in [2.24, 2.45) is 0 Å². The molecule has 0 saturated carbocycles. The summed E-state index contributed by atoms with van der Waals surface area (Å²) in [6, 6.07) is 0. The lowest BCUT2D eigenvalue weighted by atomic mass is 10.2. The smallest absolute Gasteiger partial charge is 0.0810 e. The maximum absolute atomic E-state index is 8.42. The van der Waals surface area contributed by atoms with E-state index in [-0.39, 0.29) is 0 Å². The van der Waals surface area contributed by atoms with Crippen LogP contribution in [0.4, 0.5) is 0 Å². The average Bonchev–Trinajstić information content (AvgIpc) is 2.63. The van der Waals surface area contributed by atoms with Crippen LogP contribution in [-0.4, -0.2) is 24.4 Å². The van der Waals surface area contributed by atoms with Crippen molar-refractivity contribution in [3.05, 3.63) is 0 Å². The van der Waals surface area contributed by atoms with Crippen LogP contribution in [0.15, 0.2) is 0 Å². The molecule has 0 aromatic heterocycles. The molecule has 9 heavy (non-hydrogen) atoms. The third-order valence-electron chi connectivity index (χ3n) is 1.59. The first-order chi connectivity index (χ1) is 4.43. The van der Waals surface area contributed by atoms with E-state index in [2.05, 4.69) is 0 Å². The molecule has 0 bridgehead atoms. The fourth-order valence-corrected chi connectivity index (χ4v) is 0.895. The zero-order chi connectivity index (χ0) is 6.53. The molecular formula is C7H14O2. The van der Waals surface area contributed by atoms with E-state index in [1.807, 2.05) is 0 Å². The number of unbranched alkanes of at least 4 members (excludes halogenated alkanes) is 2. The monoisotopic (exact) mass is 130 g/mol. The van der Waals surface area contributed by atoms with E-state index in [4.69, 9.17) is 9.84 Å². The Balaban J connectivity index is 1.71. The molecule has 0 unspecified atom stereocenters. The second-order valence-electron chi connectivity index (χ2n) is 2.53. The molecule has 1 aliphatic heterocycles. The van der Waals surface area contributed by atoms with Crippen LogP contribution in [0.2, 0.25) is 0 Å². The van der Waals surface area contributed by atoms with Crippen molar-refractivity contribution in [3.8, 4) is 0 Å². The molecule has 1 rings (SSSR count). The Morgan fingerprint density at radius 1 is 1.33 bits per heavy atom. The van der Waals surface area contributed by atoms with Crippen molar-refractivity contribution in [2.75, 3.05) is 13.2 Å². The van der Waals surface area contributed by atoms with Gasteiger partial charge in [0.15, 0.2) is 0 Å². The predicted octanol–water partition coefficient (Wildman–Crippen LogP) is 0.938. The van der Waals surface area contributed by atoms with Crippen LogP contribution in [0.25, 0.3) is 0 Å². The number of ether oxygens (including phenoxy) is 1. The van der Waals surface area contributed by atoms with Gasteiger partial charge in [0.25, 0.3) is 0 Å². The molecule has 0 radical (unpaired) electrons. The summed E-state index contributed by atoms with van der Waals surface area (Å²) in [5, 5.41) is 8.42. The summed E-state index contributed by atoms with van der Waals surface area (Å²) in [5.41, 5.74) is 0. The highest BCUT2D eigenvalue weighted by atomic mass is 16.6. The summed E-state index contributed by atoms with van der Waals surface area (Å²) in [5.74, 6) is 0. The Hall–Kier alpha value is -0.0800. The quantitative estimate of drug-likeness (QED) is 0.443. The van der Waals surface area contributed by atoms with Gasteiger partial charge >= 0.3 is 0 Å². The van der Waals surface area contributed by atoms with Gasteiger partial charge < -0.3 is 9.84 Å². The Morgan fingerprint density at radius 3 is 2.67 bits per heavy atom. The van der Waals surface area contributed by atoms with Gasteiger partial charge in [0.1, 0.15) is 0 Å². The van der Waals surface area contributed by atoms with Crippen LogP contribution in [-0.2, 0) is 4.74 Å².